The highest BCUT2D eigenvalue weighted by atomic mass is 127. The normalized spacial score (nSPS) is 10.7. The zero-order valence-electron chi connectivity index (χ0n) is 16.3. The zero-order chi connectivity index (χ0) is 20.9. The van der Waals surface area contributed by atoms with Crippen LogP contribution in [0, 0.1) is 10.5 Å². The average molecular weight is 513 g/mol. The van der Waals surface area contributed by atoms with Gasteiger partial charge in [-0.1, -0.05) is 24.3 Å². The number of carbonyl (C=O) groups excluding carboxylic acids is 1. The molecule has 0 unspecified atom stereocenters. The van der Waals surface area contributed by atoms with E-state index in [0.29, 0.717) is 18.1 Å². The number of hydrogen-bond acceptors (Lipinski definition) is 4. The third-order valence-corrected chi connectivity index (χ3v) is 5.28. The summed E-state index contributed by atoms with van der Waals surface area (Å²) >= 11 is 2.24. The third-order valence-electron chi connectivity index (χ3n) is 4.56. The van der Waals surface area contributed by atoms with Crippen LogP contribution in [0.15, 0.2) is 77.3 Å². The molecule has 0 radical (unpaired) electrons. The van der Waals surface area contributed by atoms with Gasteiger partial charge < -0.3 is 14.5 Å². The van der Waals surface area contributed by atoms with Gasteiger partial charge in [-0.3, -0.25) is 9.48 Å². The number of nitrogens with zero attached hydrogens (tertiary/aromatic N) is 2. The summed E-state index contributed by atoms with van der Waals surface area (Å²) < 4.78 is 14.2. The number of ether oxygens (including phenoxy) is 1. The fraction of sp³-hybridized carbons (Fsp3) is 0.130. The van der Waals surface area contributed by atoms with Crippen LogP contribution >= 0.6 is 22.6 Å². The van der Waals surface area contributed by atoms with Crippen molar-refractivity contribution in [3.05, 3.63) is 99.1 Å². The number of carbonyl (C=O) groups is 1. The second-order valence-corrected chi connectivity index (χ2v) is 8.03. The molecule has 152 valence electrons. The number of halogens is 1. The van der Waals surface area contributed by atoms with Crippen LogP contribution in [-0.4, -0.2) is 15.7 Å². The summed E-state index contributed by atoms with van der Waals surface area (Å²) in [5, 5.41) is 7.19. The zero-order valence-corrected chi connectivity index (χ0v) is 18.5. The van der Waals surface area contributed by atoms with Gasteiger partial charge in [0.25, 0.3) is 5.91 Å². The van der Waals surface area contributed by atoms with E-state index in [1.165, 1.54) is 11.1 Å². The van der Waals surface area contributed by atoms with Crippen molar-refractivity contribution in [1.82, 2.24) is 9.78 Å². The predicted octanol–water partition coefficient (Wildman–Crippen LogP) is 5.27. The number of amides is 1. The highest BCUT2D eigenvalue weighted by molar-refractivity contribution is 14.1. The number of nitrogens with one attached hydrogen (secondary N) is 1. The number of hydrogen-bond donors (Lipinski definition) is 1. The van der Waals surface area contributed by atoms with Crippen molar-refractivity contribution >= 4 is 34.3 Å². The molecule has 0 aliphatic rings. The van der Waals surface area contributed by atoms with Gasteiger partial charge in [0.1, 0.15) is 18.1 Å². The maximum atomic E-state index is 12.5. The van der Waals surface area contributed by atoms with Gasteiger partial charge in [0.2, 0.25) is 0 Å². The third kappa shape index (κ3) is 5.10. The first-order valence-electron chi connectivity index (χ1n) is 9.43. The van der Waals surface area contributed by atoms with Crippen molar-refractivity contribution in [2.45, 2.75) is 20.1 Å². The fourth-order valence-electron chi connectivity index (χ4n) is 2.92. The molecule has 0 fully saturated rings. The van der Waals surface area contributed by atoms with E-state index < -0.39 is 0 Å². The molecule has 7 heteroatoms. The minimum atomic E-state index is -0.350. The number of benzene rings is 2. The Morgan fingerprint density at radius 1 is 1.10 bits per heavy atom. The summed E-state index contributed by atoms with van der Waals surface area (Å²) in [5.74, 6) is 1.66. The summed E-state index contributed by atoms with van der Waals surface area (Å²) in [5.41, 5.74) is 2.39. The van der Waals surface area contributed by atoms with Gasteiger partial charge in [0, 0.05) is 15.8 Å². The average Bonchev–Trinajstić information content (AvgIpc) is 3.39. The van der Waals surface area contributed by atoms with E-state index in [-0.39, 0.29) is 18.3 Å². The van der Waals surface area contributed by atoms with Crippen molar-refractivity contribution in [3.8, 4) is 5.75 Å². The molecule has 4 aromatic rings. The summed E-state index contributed by atoms with van der Waals surface area (Å²) in [6.07, 6.45) is 1.84. The Morgan fingerprint density at radius 3 is 2.70 bits per heavy atom. The van der Waals surface area contributed by atoms with Gasteiger partial charge in [-0.05, 0) is 77.0 Å². The minimum absolute atomic E-state index is 0.213. The molecular weight excluding hydrogens is 493 g/mol. The van der Waals surface area contributed by atoms with Crippen LogP contribution in [0.1, 0.15) is 27.4 Å². The van der Waals surface area contributed by atoms with Crippen molar-refractivity contribution in [3.63, 3.8) is 0 Å². The summed E-state index contributed by atoms with van der Waals surface area (Å²) in [7, 11) is 0. The maximum absolute atomic E-state index is 12.5. The van der Waals surface area contributed by atoms with Gasteiger partial charge in [0.15, 0.2) is 11.6 Å². The minimum Gasteiger partial charge on any atom is -0.486 e. The lowest BCUT2D eigenvalue weighted by Gasteiger charge is -2.05. The summed E-state index contributed by atoms with van der Waals surface area (Å²) in [6.45, 7) is 2.96. The maximum Gasteiger partial charge on any atom is 0.292 e. The van der Waals surface area contributed by atoms with E-state index in [1.807, 2.05) is 42.6 Å². The topological polar surface area (TPSA) is 69.3 Å². The second-order valence-electron chi connectivity index (χ2n) is 6.79. The molecule has 1 amide bonds. The smallest absolute Gasteiger partial charge is 0.292 e. The lowest BCUT2D eigenvalue weighted by Crippen LogP contribution is -2.12. The van der Waals surface area contributed by atoms with Crippen molar-refractivity contribution in [1.29, 1.82) is 0 Å². The first kappa shape index (κ1) is 20.2. The van der Waals surface area contributed by atoms with E-state index in [0.717, 1.165) is 9.32 Å². The number of rotatable bonds is 7. The SMILES string of the molecule is Cc1ccccc1Cn1ccc(NC(=O)c2ccc(COc3ccc(I)cc3)o2)n1. The Bertz CT molecular complexity index is 1150. The number of aryl methyl sites for hydroxylation is 1. The summed E-state index contributed by atoms with van der Waals surface area (Å²) in [4.78, 5) is 12.5. The molecule has 30 heavy (non-hydrogen) atoms. The molecule has 0 saturated carbocycles. The highest BCUT2D eigenvalue weighted by Crippen LogP contribution is 2.17. The lowest BCUT2D eigenvalue weighted by atomic mass is 10.1. The largest absolute Gasteiger partial charge is 0.486 e. The molecule has 0 atom stereocenters. The van der Waals surface area contributed by atoms with Crippen LogP contribution in [0.2, 0.25) is 0 Å². The number of furan rings is 1. The molecule has 2 heterocycles. The van der Waals surface area contributed by atoms with Crippen LogP contribution in [0.3, 0.4) is 0 Å². The molecule has 1 N–H and O–H groups in total. The highest BCUT2D eigenvalue weighted by Gasteiger charge is 2.13. The predicted molar refractivity (Wildman–Crippen MR) is 123 cm³/mol. The molecular formula is C23H20IN3O3. The quantitative estimate of drug-likeness (QED) is 0.342. The Hall–Kier alpha value is -3.07. The lowest BCUT2D eigenvalue weighted by molar-refractivity contribution is 0.0992. The number of aromatic nitrogens is 2. The van der Waals surface area contributed by atoms with Crippen molar-refractivity contribution in [2.24, 2.45) is 0 Å². The first-order valence-corrected chi connectivity index (χ1v) is 10.5. The van der Waals surface area contributed by atoms with Crippen LogP contribution in [0.25, 0.3) is 0 Å². The number of anilines is 1. The van der Waals surface area contributed by atoms with E-state index >= 15 is 0 Å². The molecule has 2 aromatic carbocycles. The molecule has 2 aromatic heterocycles. The van der Waals surface area contributed by atoms with E-state index in [1.54, 1.807) is 22.9 Å². The van der Waals surface area contributed by atoms with Crippen molar-refractivity contribution < 1.29 is 13.9 Å². The van der Waals surface area contributed by atoms with Gasteiger partial charge in [-0.2, -0.15) is 5.10 Å². The Labute approximate surface area is 188 Å². The van der Waals surface area contributed by atoms with E-state index in [9.17, 15) is 4.79 Å². The Kier molecular flexibility index (Phi) is 6.18. The van der Waals surface area contributed by atoms with Crippen LogP contribution in [0.4, 0.5) is 5.82 Å². The summed E-state index contributed by atoms with van der Waals surface area (Å²) in [6, 6.07) is 21.0. The molecule has 0 saturated heterocycles. The molecule has 0 spiro atoms. The molecule has 0 aliphatic heterocycles. The molecule has 0 aliphatic carbocycles. The Morgan fingerprint density at radius 2 is 1.90 bits per heavy atom. The second kappa shape index (κ2) is 9.17. The van der Waals surface area contributed by atoms with Gasteiger partial charge in [-0.25, -0.2) is 0 Å². The van der Waals surface area contributed by atoms with Crippen LogP contribution in [-0.2, 0) is 13.2 Å². The molecule has 6 nitrogen and oxygen atoms in total. The van der Waals surface area contributed by atoms with E-state index in [4.69, 9.17) is 9.15 Å². The van der Waals surface area contributed by atoms with E-state index in [2.05, 4.69) is 52.1 Å². The molecule has 4 rings (SSSR count). The first-order chi connectivity index (χ1) is 14.6. The van der Waals surface area contributed by atoms with Gasteiger partial charge in [-0.15, -0.1) is 0 Å². The van der Waals surface area contributed by atoms with Gasteiger partial charge >= 0.3 is 0 Å². The molecule has 0 bridgehead atoms. The van der Waals surface area contributed by atoms with Crippen LogP contribution in [0.5, 0.6) is 5.75 Å². The van der Waals surface area contributed by atoms with Crippen molar-refractivity contribution in [2.75, 3.05) is 5.32 Å². The standard InChI is InChI=1S/C23H20IN3O3/c1-16-4-2-3-5-17(16)14-27-13-12-22(26-27)25-23(28)21-11-10-20(30-21)15-29-19-8-6-18(24)7-9-19/h2-13H,14-15H2,1H3,(H,25,26,28). The Balaban J connectivity index is 1.34. The fourth-order valence-corrected chi connectivity index (χ4v) is 3.28. The van der Waals surface area contributed by atoms with Gasteiger partial charge in [0.05, 0.1) is 6.54 Å². The monoisotopic (exact) mass is 513 g/mol. The van der Waals surface area contributed by atoms with Crippen LogP contribution < -0.4 is 10.1 Å².